The van der Waals surface area contributed by atoms with Crippen LogP contribution in [-0.2, 0) is 28.7 Å². The van der Waals surface area contributed by atoms with E-state index in [0.717, 1.165) is 12.2 Å². The Morgan fingerprint density at radius 3 is 1.88 bits per heavy atom. The molecule has 0 aliphatic rings. The number of carbonyl (C=O) groups is 4. The van der Waals surface area contributed by atoms with Crippen LogP contribution in [0.3, 0.4) is 0 Å². The van der Waals surface area contributed by atoms with Crippen LogP contribution < -0.4 is 0 Å². The van der Waals surface area contributed by atoms with Crippen molar-refractivity contribution in [1.29, 1.82) is 0 Å². The predicted octanol–water partition coefficient (Wildman–Crippen LogP) is 0.444. The van der Waals surface area contributed by atoms with Gasteiger partial charge in [0.1, 0.15) is 0 Å². The van der Waals surface area contributed by atoms with Crippen LogP contribution in [0.2, 0.25) is 0 Å². The zero-order chi connectivity index (χ0) is 13.4. The van der Waals surface area contributed by atoms with Crippen molar-refractivity contribution in [2.75, 3.05) is 0 Å². The van der Waals surface area contributed by atoms with Gasteiger partial charge in [0.05, 0.1) is 6.42 Å². The molecule has 17 heavy (non-hydrogen) atoms. The molecule has 6 nitrogen and oxygen atoms in total. The summed E-state index contributed by atoms with van der Waals surface area (Å²) in [6.45, 7) is 9.38. The van der Waals surface area contributed by atoms with Crippen molar-refractivity contribution in [3.63, 3.8) is 0 Å². The molecule has 0 saturated heterocycles. The Labute approximate surface area is 97.2 Å². The summed E-state index contributed by atoms with van der Waals surface area (Å²) in [6.07, 6.45) is 1.01. The van der Waals surface area contributed by atoms with E-state index in [4.69, 9.17) is 0 Å². The average Bonchev–Trinajstić information content (AvgIpc) is 2.28. The second-order valence-electron chi connectivity index (χ2n) is 2.69. The van der Waals surface area contributed by atoms with Crippen molar-refractivity contribution in [3.05, 3.63) is 37.5 Å². The summed E-state index contributed by atoms with van der Waals surface area (Å²) in [4.78, 5) is 43.4. The van der Waals surface area contributed by atoms with Crippen LogP contribution in [0.15, 0.2) is 37.5 Å². The second-order valence-corrected chi connectivity index (χ2v) is 2.69. The molecular formula is C11H10O6. The fourth-order valence-electron chi connectivity index (χ4n) is 0.642. The molecule has 6 heteroatoms. The van der Waals surface area contributed by atoms with E-state index in [0.29, 0.717) is 0 Å². The Balaban J connectivity index is 4.25. The van der Waals surface area contributed by atoms with E-state index in [2.05, 4.69) is 29.2 Å². The quantitative estimate of drug-likeness (QED) is 0.392. The van der Waals surface area contributed by atoms with Gasteiger partial charge in [0.25, 0.3) is 0 Å². The lowest BCUT2D eigenvalue weighted by Gasteiger charge is -2.02. The molecule has 0 amide bonds. The maximum Gasteiger partial charge on any atom is 0.341 e. The topological polar surface area (TPSA) is 86.7 Å². The van der Waals surface area contributed by atoms with Gasteiger partial charge in [-0.1, -0.05) is 19.7 Å². The van der Waals surface area contributed by atoms with Gasteiger partial charge < -0.3 is 9.47 Å². The lowest BCUT2D eigenvalue weighted by molar-refractivity contribution is -0.159. The van der Waals surface area contributed by atoms with E-state index < -0.39 is 30.3 Å². The van der Waals surface area contributed by atoms with Gasteiger partial charge in [0.2, 0.25) is 0 Å². The standard InChI is InChI=1S/C11H10O6/c1-4-8(12)16-10(14)6-7(3)11(15)17-9(13)5-2/h4-5H,1-3,6H2. The zero-order valence-corrected chi connectivity index (χ0v) is 8.93. The Hall–Kier alpha value is -2.50. The molecule has 0 radical (unpaired) electrons. The molecule has 0 fully saturated rings. The number of carbonyl (C=O) groups excluding carboxylic acids is 4. The minimum atomic E-state index is -1.09. The molecule has 0 atom stereocenters. The highest BCUT2D eigenvalue weighted by Gasteiger charge is 2.17. The normalized spacial score (nSPS) is 8.71. The number of hydrogen-bond acceptors (Lipinski definition) is 6. The largest absolute Gasteiger partial charge is 0.390 e. The van der Waals surface area contributed by atoms with Crippen LogP contribution in [0.4, 0.5) is 0 Å². The van der Waals surface area contributed by atoms with Crippen molar-refractivity contribution in [1.82, 2.24) is 0 Å². The van der Waals surface area contributed by atoms with Gasteiger partial charge in [-0.25, -0.2) is 14.4 Å². The number of hydrogen-bond donors (Lipinski definition) is 0. The van der Waals surface area contributed by atoms with Gasteiger partial charge in [-0.3, -0.25) is 4.79 Å². The van der Waals surface area contributed by atoms with Crippen LogP contribution in [-0.4, -0.2) is 23.9 Å². The van der Waals surface area contributed by atoms with Crippen molar-refractivity contribution < 1.29 is 28.7 Å². The first-order valence-corrected chi connectivity index (χ1v) is 4.34. The molecule has 0 aromatic carbocycles. The van der Waals surface area contributed by atoms with E-state index in [9.17, 15) is 19.2 Å². The smallest absolute Gasteiger partial charge is 0.341 e. The maximum absolute atomic E-state index is 11.1. The molecule has 90 valence electrons. The average molecular weight is 238 g/mol. The third kappa shape index (κ3) is 5.83. The monoisotopic (exact) mass is 238 g/mol. The first kappa shape index (κ1) is 14.5. The Bertz CT molecular complexity index is 404. The molecule has 0 bridgehead atoms. The minimum absolute atomic E-state index is 0.318. The summed E-state index contributed by atoms with van der Waals surface area (Å²) in [6, 6.07) is 0. The molecule has 0 aliphatic carbocycles. The fraction of sp³-hybridized carbons (Fsp3) is 0.0909. The van der Waals surface area contributed by atoms with Crippen LogP contribution in [0, 0.1) is 0 Å². The first-order valence-electron chi connectivity index (χ1n) is 4.34. The number of rotatable bonds is 5. The molecular weight excluding hydrogens is 228 g/mol. The van der Waals surface area contributed by atoms with Crippen LogP contribution >= 0.6 is 0 Å². The van der Waals surface area contributed by atoms with Crippen LogP contribution in [0.5, 0.6) is 0 Å². The summed E-state index contributed by atoms with van der Waals surface area (Å²) < 4.78 is 8.37. The summed E-state index contributed by atoms with van der Waals surface area (Å²) in [5, 5.41) is 0. The molecule has 0 saturated carbocycles. The highest BCUT2D eigenvalue weighted by atomic mass is 16.6. The third-order valence-corrected chi connectivity index (χ3v) is 1.39. The van der Waals surface area contributed by atoms with E-state index >= 15 is 0 Å². The van der Waals surface area contributed by atoms with Crippen LogP contribution in [0.1, 0.15) is 6.42 Å². The number of ether oxygens (including phenoxy) is 2. The van der Waals surface area contributed by atoms with Gasteiger partial charge >= 0.3 is 23.9 Å². The van der Waals surface area contributed by atoms with Gasteiger partial charge in [-0.05, 0) is 0 Å². The SMILES string of the molecule is C=CC(=O)OC(=O)CC(=C)C(=O)OC(=O)C=C. The van der Waals surface area contributed by atoms with Crippen molar-refractivity contribution in [3.8, 4) is 0 Å². The van der Waals surface area contributed by atoms with E-state index in [1.54, 1.807) is 0 Å². The number of esters is 4. The summed E-state index contributed by atoms with van der Waals surface area (Å²) >= 11 is 0. The van der Waals surface area contributed by atoms with Gasteiger partial charge in [0, 0.05) is 17.7 Å². The van der Waals surface area contributed by atoms with Gasteiger partial charge in [0.15, 0.2) is 0 Å². The van der Waals surface area contributed by atoms with E-state index in [1.165, 1.54) is 0 Å². The predicted molar refractivity (Wildman–Crippen MR) is 56.3 cm³/mol. The molecule has 0 rings (SSSR count). The Kier molecular flexibility index (Phi) is 5.87. The van der Waals surface area contributed by atoms with Gasteiger partial charge in [-0.2, -0.15) is 0 Å². The molecule has 0 N–H and O–H groups in total. The molecule has 0 heterocycles. The zero-order valence-electron chi connectivity index (χ0n) is 8.93. The second kappa shape index (κ2) is 6.89. The minimum Gasteiger partial charge on any atom is -0.390 e. The third-order valence-electron chi connectivity index (χ3n) is 1.39. The van der Waals surface area contributed by atoms with Crippen molar-refractivity contribution in [2.45, 2.75) is 6.42 Å². The van der Waals surface area contributed by atoms with Crippen molar-refractivity contribution >= 4 is 23.9 Å². The lowest BCUT2D eigenvalue weighted by Crippen LogP contribution is -2.16. The lowest BCUT2D eigenvalue weighted by atomic mass is 10.2. The van der Waals surface area contributed by atoms with E-state index in [1.807, 2.05) is 0 Å². The summed E-state index contributed by atoms with van der Waals surface area (Å²) in [5.41, 5.74) is -0.318. The highest BCUT2D eigenvalue weighted by Crippen LogP contribution is 2.03. The summed E-state index contributed by atoms with van der Waals surface area (Å²) in [5.74, 6) is -3.99. The summed E-state index contributed by atoms with van der Waals surface area (Å²) in [7, 11) is 0. The Morgan fingerprint density at radius 1 is 0.941 bits per heavy atom. The van der Waals surface area contributed by atoms with Crippen LogP contribution in [0.25, 0.3) is 0 Å². The van der Waals surface area contributed by atoms with Gasteiger partial charge in [-0.15, -0.1) is 0 Å². The Morgan fingerprint density at radius 2 is 1.41 bits per heavy atom. The first-order chi connectivity index (χ1) is 7.90. The van der Waals surface area contributed by atoms with E-state index in [-0.39, 0.29) is 5.57 Å². The molecule has 0 aromatic heterocycles. The maximum atomic E-state index is 11.1. The molecule has 0 aliphatic heterocycles. The fourth-order valence-corrected chi connectivity index (χ4v) is 0.642. The highest BCUT2D eigenvalue weighted by molar-refractivity contribution is 6.02. The molecule has 0 spiro atoms. The molecule has 0 aromatic rings. The van der Waals surface area contributed by atoms with Crippen molar-refractivity contribution in [2.24, 2.45) is 0 Å². The molecule has 0 unspecified atom stereocenters.